The number of hydrogen-bond acceptors (Lipinski definition) is 4. The Morgan fingerprint density at radius 1 is 1.38 bits per heavy atom. The number of carbonyl (C=O) groups is 4. The number of imide groups is 1. The molecular formula is C16H25NO4. The number of Topliss-reactive ketones (excluding diaryl/α,β-unsaturated/α-hetero) is 2. The van der Waals surface area contributed by atoms with Gasteiger partial charge in [0.2, 0.25) is 12.3 Å². The maximum absolute atomic E-state index is 12.6. The number of carbonyl (C=O) groups excluding carboxylic acids is 4. The average molecular weight is 295 g/mol. The van der Waals surface area contributed by atoms with Crippen molar-refractivity contribution in [2.45, 2.75) is 46.5 Å². The molecule has 0 saturated heterocycles. The molecule has 0 aliphatic heterocycles. The maximum atomic E-state index is 12.6. The van der Waals surface area contributed by atoms with Crippen molar-refractivity contribution in [1.82, 2.24) is 4.90 Å². The maximum Gasteiger partial charge on any atom is 0.232 e. The Balaban J connectivity index is 2.80. The molecule has 1 aliphatic rings. The lowest BCUT2D eigenvalue weighted by Crippen LogP contribution is -2.42. The Bertz CT molecular complexity index is 432. The predicted molar refractivity (Wildman–Crippen MR) is 78.3 cm³/mol. The molecule has 5 nitrogen and oxygen atoms in total. The summed E-state index contributed by atoms with van der Waals surface area (Å²) >= 11 is 0. The SMILES string of the molecule is CC(=O)CC[C@@H]1C(=O)[C@H]([C@@H](C)C(=O)N(C)C=O)CC[C@H]1C. The molecule has 0 spiro atoms. The van der Waals surface area contributed by atoms with Gasteiger partial charge in [-0.15, -0.1) is 0 Å². The second-order valence-electron chi connectivity index (χ2n) is 6.25. The number of hydrogen-bond donors (Lipinski definition) is 0. The van der Waals surface area contributed by atoms with E-state index in [1.165, 1.54) is 14.0 Å². The Kier molecular flexibility index (Phi) is 6.24. The first-order valence-corrected chi connectivity index (χ1v) is 7.54. The average Bonchev–Trinajstić information content (AvgIpc) is 2.44. The molecule has 1 fully saturated rings. The van der Waals surface area contributed by atoms with Crippen molar-refractivity contribution in [3.8, 4) is 0 Å². The van der Waals surface area contributed by atoms with Gasteiger partial charge in [0, 0.05) is 31.2 Å². The van der Waals surface area contributed by atoms with Crippen molar-refractivity contribution in [3.63, 3.8) is 0 Å². The van der Waals surface area contributed by atoms with Gasteiger partial charge in [-0.1, -0.05) is 13.8 Å². The minimum absolute atomic E-state index is 0.0788. The minimum atomic E-state index is -0.486. The van der Waals surface area contributed by atoms with Gasteiger partial charge in [-0.05, 0) is 32.1 Å². The molecule has 4 atom stereocenters. The summed E-state index contributed by atoms with van der Waals surface area (Å²) in [6.45, 7) is 5.27. The fourth-order valence-electron chi connectivity index (χ4n) is 3.17. The lowest BCUT2D eigenvalue weighted by molar-refractivity contribution is -0.146. The van der Waals surface area contributed by atoms with E-state index >= 15 is 0 Å². The topological polar surface area (TPSA) is 71.5 Å². The monoisotopic (exact) mass is 295 g/mol. The van der Waals surface area contributed by atoms with Gasteiger partial charge < -0.3 is 4.79 Å². The van der Waals surface area contributed by atoms with Crippen molar-refractivity contribution in [1.29, 1.82) is 0 Å². The first-order valence-electron chi connectivity index (χ1n) is 7.54. The lowest BCUT2D eigenvalue weighted by Gasteiger charge is -2.35. The van der Waals surface area contributed by atoms with Gasteiger partial charge in [0.1, 0.15) is 11.6 Å². The third kappa shape index (κ3) is 4.22. The van der Waals surface area contributed by atoms with E-state index in [2.05, 4.69) is 0 Å². The Labute approximate surface area is 126 Å². The van der Waals surface area contributed by atoms with Gasteiger partial charge in [-0.2, -0.15) is 0 Å². The van der Waals surface area contributed by atoms with Crippen molar-refractivity contribution in [2.24, 2.45) is 23.7 Å². The number of nitrogens with zero attached hydrogens (tertiary/aromatic N) is 1. The van der Waals surface area contributed by atoms with E-state index in [1.807, 2.05) is 6.92 Å². The molecule has 0 N–H and O–H groups in total. The van der Waals surface area contributed by atoms with E-state index in [0.717, 1.165) is 11.3 Å². The summed E-state index contributed by atoms with van der Waals surface area (Å²) in [6.07, 6.45) is 3.00. The van der Waals surface area contributed by atoms with Gasteiger partial charge in [-0.3, -0.25) is 19.3 Å². The zero-order valence-corrected chi connectivity index (χ0v) is 13.3. The summed E-state index contributed by atoms with van der Waals surface area (Å²) in [7, 11) is 1.41. The van der Waals surface area contributed by atoms with E-state index in [9.17, 15) is 19.2 Å². The molecule has 0 aromatic rings. The van der Waals surface area contributed by atoms with Gasteiger partial charge in [0.25, 0.3) is 0 Å². The van der Waals surface area contributed by atoms with Crippen LogP contribution in [0.3, 0.4) is 0 Å². The van der Waals surface area contributed by atoms with Crippen LogP contribution in [0.4, 0.5) is 0 Å². The highest BCUT2D eigenvalue weighted by Crippen LogP contribution is 2.37. The molecule has 1 aliphatic carbocycles. The summed E-state index contributed by atoms with van der Waals surface area (Å²) in [5, 5.41) is 0. The van der Waals surface area contributed by atoms with Gasteiger partial charge in [0.05, 0.1) is 0 Å². The molecule has 21 heavy (non-hydrogen) atoms. The molecule has 0 bridgehead atoms. The standard InChI is InChI=1S/C16H25NO4/c1-10-5-7-14(12(3)16(21)17(4)9-18)15(20)13(10)8-6-11(2)19/h9-10,12-14H,5-8H2,1-4H3/t10-,12-,13+,14+/m1/s1. The van der Waals surface area contributed by atoms with E-state index in [-0.39, 0.29) is 35.2 Å². The van der Waals surface area contributed by atoms with Crippen molar-refractivity contribution < 1.29 is 19.2 Å². The Morgan fingerprint density at radius 2 is 2.00 bits per heavy atom. The third-order valence-electron chi connectivity index (χ3n) is 4.66. The molecule has 0 aromatic heterocycles. The molecule has 0 heterocycles. The summed E-state index contributed by atoms with van der Waals surface area (Å²) in [4.78, 5) is 47.5. The van der Waals surface area contributed by atoms with E-state index in [1.54, 1.807) is 6.92 Å². The van der Waals surface area contributed by atoms with Crippen molar-refractivity contribution >= 4 is 23.9 Å². The highest BCUT2D eigenvalue weighted by atomic mass is 16.2. The number of amides is 2. The van der Waals surface area contributed by atoms with E-state index < -0.39 is 5.92 Å². The fourth-order valence-corrected chi connectivity index (χ4v) is 3.17. The molecule has 5 heteroatoms. The molecule has 0 unspecified atom stereocenters. The van der Waals surface area contributed by atoms with Gasteiger partial charge in [-0.25, -0.2) is 0 Å². The third-order valence-corrected chi connectivity index (χ3v) is 4.66. The first-order chi connectivity index (χ1) is 9.79. The molecular weight excluding hydrogens is 270 g/mol. The molecule has 1 saturated carbocycles. The van der Waals surface area contributed by atoms with Crippen LogP contribution in [-0.4, -0.2) is 35.8 Å². The van der Waals surface area contributed by atoms with Crippen LogP contribution in [0, 0.1) is 23.7 Å². The molecule has 118 valence electrons. The van der Waals surface area contributed by atoms with Crippen LogP contribution in [0.25, 0.3) is 0 Å². The quantitative estimate of drug-likeness (QED) is 0.701. The van der Waals surface area contributed by atoms with Crippen LogP contribution >= 0.6 is 0 Å². The fraction of sp³-hybridized carbons (Fsp3) is 0.750. The van der Waals surface area contributed by atoms with Crippen LogP contribution in [0.15, 0.2) is 0 Å². The second-order valence-corrected chi connectivity index (χ2v) is 6.25. The molecule has 2 amide bonds. The number of rotatable bonds is 6. The number of ketones is 2. The normalized spacial score (nSPS) is 27.0. The van der Waals surface area contributed by atoms with E-state index in [0.29, 0.717) is 25.7 Å². The Hall–Kier alpha value is -1.52. The second kappa shape index (κ2) is 7.48. The van der Waals surface area contributed by atoms with Crippen LogP contribution in [0.2, 0.25) is 0 Å². The summed E-state index contributed by atoms with van der Waals surface area (Å²) < 4.78 is 0. The van der Waals surface area contributed by atoms with Crippen LogP contribution < -0.4 is 0 Å². The smallest absolute Gasteiger partial charge is 0.232 e. The predicted octanol–water partition coefficient (Wildman–Crippen LogP) is 1.84. The molecule has 0 aromatic carbocycles. The zero-order valence-electron chi connectivity index (χ0n) is 13.3. The minimum Gasteiger partial charge on any atom is -0.300 e. The van der Waals surface area contributed by atoms with Crippen LogP contribution in [-0.2, 0) is 19.2 Å². The highest BCUT2D eigenvalue weighted by Gasteiger charge is 2.40. The van der Waals surface area contributed by atoms with Crippen LogP contribution in [0.1, 0.15) is 46.5 Å². The Morgan fingerprint density at radius 3 is 2.52 bits per heavy atom. The molecule has 0 radical (unpaired) electrons. The largest absolute Gasteiger partial charge is 0.300 e. The van der Waals surface area contributed by atoms with Gasteiger partial charge in [0.15, 0.2) is 0 Å². The van der Waals surface area contributed by atoms with Crippen molar-refractivity contribution in [2.75, 3.05) is 7.05 Å². The van der Waals surface area contributed by atoms with Crippen molar-refractivity contribution in [3.05, 3.63) is 0 Å². The summed E-state index contributed by atoms with van der Waals surface area (Å²) in [6, 6.07) is 0. The van der Waals surface area contributed by atoms with Crippen LogP contribution in [0.5, 0.6) is 0 Å². The zero-order chi connectivity index (χ0) is 16.2. The summed E-state index contributed by atoms with van der Waals surface area (Å²) in [5.41, 5.74) is 0. The van der Waals surface area contributed by atoms with E-state index in [4.69, 9.17) is 0 Å². The summed E-state index contributed by atoms with van der Waals surface area (Å²) in [5.74, 6) is -0.878. The van der Waals surface area contributed by atoms with Gasteiger partial charge >= 0.3 is 0 Å². The lowest BCUT2D eigenvalue weighted by atomic mass is 9.68. The molecule has 1 rings (SSSR count). The highest BCUT2D eigenvalue weighted by molar-refractivity contribution is 5.93. The first kappa shape index (κ1) is 17.5.